The number of nitrogens with zero attached hydrogens (tertiary/aromatic N) is 1. The Morgan fingerprint density at radius 3 is 2.77 bits per heavy atom. The van der Waals surface area contributed by atoms with Gasteiger partial charge in [0.15, 0.2) is 0 Å². The topological polar surface area (TPSA) is 52.5 Å². The van der Waals surface area contributed by atoms with Gasteiger partial charge in [0.05, 0.1) is 25.0 Å². The highest BCUT2D eigenvalue weighted by Crippen LogP contribution is 2.63. The standard InChI is InChI=1S/C22H25NO3/c1-3-10-23(11-4-2)12-9-22-15-6-8-18(25)21(22)26-20-17(24)7-5-14(19(20)22)13-16(15)23/h3-8,15-16,18,21,25H,1-2,9-13H2/t15-,16+,18-,21-,22-/m0/s1. The zero-order valence-corrected chi connectivity index (χ0v) is 14.9. The van der Waals surface area contributed by atoms with Crippen molar-refractivity contribution in [1.82, 2.24) is 0 Å². The highest BCUT2D eigenvalue weighted by molar-refractivity contribution is 5.61. The summed E-state index contributed by atoms with van der Waals surface area (Å²) >= 11 is 0. The van der Waals surface area contributed by atoms with Crippen LogP contribution < -0.4 is 9.84 Å². The summed E-state index contributed by atoms with van der Waals surface area (Å²) in [6.45, 7) is 10.8. The molecule has 1 N–H and O–H groups in total. The summed E-state index contributed by atoms with van der Waals surface area (Å²) in [6, 6.07) is 4.00. The number of ether oxygens (including phenoxy) is 1. The number of piperidine rings is 1. The van der Waals surface area contributed by atoms with Crippen molar-refractivity contribution in [2.75, 3.05) is 19.6 Å². The van der Waals surface area contributed by atoms with Crippen molar-refractivity contribution in [2.45, 2.75) is 36.5 Å². The van der Waals surface area contributed by atoms with E-state index in [2.05, 4.69) is 19.2 Å². The lowest BCUT2D eigenvalue weighted by Gasteiger charge is -2.60. The second kappa shape index (κ2) is 5.24. The number of aliphatic hydroxyl groups is 1. The van der Waals surface area contributed by atoms with Crippen molar-refractivity contribution >= 4 is 0 Å². The monoisotopic (exact) mass is 351 g/mol. The number of benzene rings is 1. The predicted octanol–water partition coefficient (Wildman–Crippen LogP) is 1.82. The molecule has 2 heterocycles. The number of aliphatic hydroxyl groups excluding tert-OH is 1. The number of rotatable bonds is 4. The highest BCUT2D eigenvalue weighted by Gasteiger charge is 2.67. The maximum atomic E-state index is 12.5. The van der Waals surface area contributed by atoms with Gasteiger partial charge < -0.3 is 19.4 Å². The Hall–Kier alpha value is -2.04. The van der Waals surface area contributed by atoms with Crippen molar-refractivity contribution in [2.24, 2.45) is 5.92 Å². The van der Waals surface area contributed by atoms with Crippen LogP contribution in [-0.2, 0) is 11.8 Å². The summed E-state index contributed by atoms with van der Waals surface area (Å²) in [4.78, 5) is 0. The molecule has 1 aromatic carbocycles. The molecule has 2 aliphatic heterocycles. The average Bonchev–Trinajstić information content (AvgIpc) is 2.98. The molecule has 1 saturated heterocycles. The SMILES string of the molecule is C=CC[N+]1(CC=C)CC[C@]23c4c5ccc([O-])c4O[C@H]2[C@@H](O)C=C[C@H]3[C@H]1C5. The molecule has 0 amide bonds. The van der Waals surface area contributed by atoms with Crippen LogP contribution >= 0.6 is 0 Å². The molecule has 4 heteroatoms. The van der Waals surface area contributed by atoms with Crippen LogP contribution in [0.2, 0.25) is 0 Å². The molecule has 4 aliphatic rings. The van der Waals surface area contributed by atoms with Crippen LogP contribution in [0, 0.1) is 5.92 Å². The average molecular weight is 351 g/mol. The van der Waals surface area contributed by atoms with Gasteiger partial charge >= 0.3 is 0 Å². The first-order chi connectivity index (χ1) is 12.6. The molecule has 2 bridgehead atoms. The van der Waals surface area contributed by atoms with Crippen LogP contribution in [0.4, 0.5) is 0 Å². The highest BCUT2D eigenvalue weighted by atomic mass is 16.5. The van der Waals surface area contributed by atoms with Gasteiger partial charge in [-0.15, -0.1) is 0 Å². The fraction of sp³-hybridized carbons (Fsp3) is 0.455. The van der Waals surface area contributed by atoms with E-state index in [1.807, 2.05) is 24.3 Å². The van der Waals surface area contributed by atoms with Gasteiger partial charge in [0, 0.05) is 24.3 Å². The van der Waals surface area contributed by atoms with Crippen LogP contribution in [0.15, 0.2) is 49.6 Å². The van der Waals surface area contributed by atoms with E-state index in [9.17, 15) is 10.2 Å². The molecule has 0 aromatic heterocycles. The summed E-state index contributed by atoms with van der Waals surface area (Å²) < 4.78 is 7.09. The van der Waals surface area contributed by atoms with Crippen molar-refractivity contribution in [3.8, 4) is 11.5 Å². The molecular weight excluding hydrogens is 326 g/mol. The minimum absolute atomic E-state index is 0.0552. The second-order valence-corrected chi connectivity index (χ2v) is 8.31. The Bertz CT molecular complexity index is 819. The molecule has 5 atom stereocenters. The van der Waals surface area contributed by atoms with Crippen molar-refractivity contribution in [1.29, 1.82) is 0 Å². The van der Waals surface area contributed by atoms with Gasteiger partial charge in [-0.25, -0.2) is 0 Å². The van der Waals surface area contributed by atoms with Gasteiger partial charge in [0.1, 0.15) is 24.0 Å². The van der Waals surface area contributed by atoms with Crippen LogP contribution in [-0.4, -0.2) is 47.5 Å². The lowest BCUT2D eigenvalue weighted by Crippen LogP contribution is -2.72. The Morgan fingerprint density at radius 1 is 1.27 bits per heavy atom. The van der Waals surface area contributed by atoms with Crippen LogP contribution in [0.3, 0.4) is 0 Å². The lowest BCUT2D eigenvalue weighted by atomic mass is 9.52. The summed E-state index contributed by atoms with van der Waals surface area (Å²) in [7, 11) is 0. The van der Waals surface area contributed by atoms with Gasteiger partial charge in [-0.3, -0.25) is 0 Å². The number of hydrogen-bond acceptors (Lipinski definition) is 3. The Morgan fingerprint density at radius 2 is 2.04 bits per heavy atom. The molecule has 2 aliphatic carbocycles. The van der Waals surface area contributed by atoms with Crippen LogP contribution in [0.5, 0.6) is 11.5 Å². The van der Waals surface area contributed by atoms with E-state index in [-0.39, 0.29) is 23.2 Å². The van der Waals surface area contributed by atoms with E-state index in [1.165, 1.54) is 5.56 Å². The molecule has 1 fully saturated rings. The minimum atomic E-state index is -0.663. The van der Waals surface area contributed by atoms with Crippen LogP contribution in [0.25, 0.3) is 0 Å². The van der Waals surface area contributed by atoms with Gasteiger partial charge in [-0.05, 0) is 17.7 Å². The van der Waals surface area contributed by atoms with E-state index in [0.717, 1.165) is 42.5 Å². The maximum absolute atomic E-state index is 12.5. The summed E-state index contributed by atoms with van der Waals surface area (Å²) in [6.07, 6.45) is 8.94. The molecule has 0 saturated carbocycles. The third kappa shape index (κ3) is 1.72. The second-order valence-electron chi connectivity index (χ2n) is 8.31. The summed E-state index contributed by atoms with van der Waals surface area (Å²) in [5.74, 6) is 0.701. The smallest absolute Gasteiger partial charge is 0.139 e. The molecule has 5 rings (SSSR count). The molecule has 1 spiro atoms. The quantitative estimate of drug-likeness (QED) is 0.665. The van der Waals surface area contributed by atoms with E-state index < -0.39 is 6.10 Å². The number of quaternary nitrogens is 1. The zero-order valence-electron chi connectivity index (χ0n) is 14.9. The predicted molar refractivity (Wildman–Crippen MR) is 98.0 cm³/mol. The molecule has 136 valence electrons. The normalized spacial score (nSPS) is 37.6. The van der Waals surface area contributed by atoms with E-state index >= 15 is 0 Å². The molecule has 4 nitrogen and oxygen atoms in total. The van der Waals surface area contributed by atoms with Crippen molar-refractivity contribution in [3.05, 3.63) is 60.7 Å². The Balaban J connectivity index is 1.76. The molecule has 26 heavy (non-hydrogen) atoms. The van der Waals surface area contributed by atoms with Crippen molar-refractivity contribution < 1.29 is 19.4 Å². The first kappa shape index (κ1) is 16.2. The fourth-order valence-corrected chi connectivity index (χ4v) is 6.42. The molecule has 0 unspecified atom stereocenters. The van der Waals surface area contributed by atoms with Gasteiger partial charge in [0.25, 0.3) is 0 Å². The summed E-state index contributed by atoms with van der Waals surface area (Å²) in [5.41, 5.74) is 2.04. The number of likely N-dealkylation sites (tertiary alicyclic amines) is 1. The fourth-order valence-electron chi connectivity index (χ4n) is 6.42. The van der Waals surface area contributed by atoms with Crippen molar-refractivity contribution in [3.63, 3.8) is 0 Å². The first-order valence-electron chi connectivity index (χ1n) is 9.51. The first-order valence-corrected chi connectivity index (χ1v) is 9.51. The summed E-state index contributed by atoms with van der Waals surface area (Å²) in [5, 5.41) is 23.1. The molecule has 0 radical (unpaired) electrons. The Labute approximate surface area is 154 Å². The van der Waals surface area contributed by atoms with Gasteiger partial charge in [-0.2, -0.15) is 0 Å². The largest absolute Gasteiger partial charge is 0.870 e. The third-order valence-corrected chi connectivity index (χ3v) is 7.35. The lowest BCUT2D eigenvalue weighted by molar-refractivity contribution is -0.951. The van der Waals surface area contributed by atoms with E-state index in [0.29, 0.717) is 11.8 Å². The molecular formula is C22H25NO3. The van der Waals surface area contributed by atoms with Gasteiger partial charge in [-0.1, -0.05) is 43.2 Å². The van der Waals surface area contributed by atoms with Gasteiger partial charge in [0.2, 0.25) is 0 Å². The maximum Gasteiger partial charge on any atom is 0.139 e. The third-order valence-electron chi connectivity index (χ3n) is 7.35. The molecule has 1 aromatic rings. The Kier molecular flexibility index (Phi) is 3.26. The minimum Gasteiger partial charge on any atom is -0.870 e. The van der Waals surface area contributed by atoms with Crippen LogP contribution in [0.1, 0.15) is 17.5 Å². The zero-order chi connectivity index (χ0) is 18.1. The van der Waals surface area contributed by atoms with E-state index in [4.69, 9.17) is 4.74 Å². The number of hydrogen-bond donors (Lipinski definition) is 1. The van der Waals surface area contributed by atoms with E-state index in [1.54, 1.807) is 6.07 Å².